The van der Waals surface area contributed by atoms with Gasteiger partial charge in [0.1, 0.15) is 23.3 Å². The lowest BCUT2D eigenvalue weighted by Gasteiger charge is -2.19. The van der Waals surface area contributed by atoms with Gasteiger partial charge in [-0.2, -0.15) is 5.26 Å². The molecule has 2 aromatic carbocycles. The smallest absolute Gasteiger partial charge is 0.189 e. The maximum absolute atomic E-state index is 13.1. The van der Waals surface area contributed by atoms with Crippen LogP contribution >= 0.6 is 11.8 Å². The quantitative estimate of drug-likeness (QED) is 0.402. The minimum Gasteiger partial charge on any atom is -0.368 e. The van der Waals surface area contributed by atoms with Crippen molar-refractivity contribution in [3.63, 3.8) is 0 Å². The van der Waals surface area contributed by atoms with E-state index < -0.39 is 0 Å². The van der Waals surface area contributed by atoms with Crippen LogP contribution in [0, 0.1) is 17.1 Å². The number of aromatic nitrogens is 2. The Morgan fingerprint density at radius 1 is 1.03 bits per heavy atom. The summed E-state index contributed by atoms with van der Waals surface area (Å²) in [6.07, 6.45) is 2.61. The minimum atomic E-state index is -0.249. The molecule has 0 saturated carbocycles. The summed E-state index contributed by atoms with van der Waals surface area (Å²) in [5.41, 5.74) is 4.23. The van der Waals surface area contributed by atoms with Crippen molar-refractivity contribution in [2.75, 3.05) is 18.1 Å². The van der Waals surface area contributed by atoms with Gasteiger partial charge in [0.25, 0.3) is 0 Å². The van der Waals surface area contributed by atoms with E-state index in [1.807, 2.05) is 18.4 Å². The number of nitrogens with one attached hydrogen (secondary N) is 1. The molecule has 6 heteroatoms. The molecule has 0 radical (unpaired) electrons. The largest absolute Gasteiger partial charge is 0.368 e. The van der Waals surface area contributed by atoms with Gasteiger partial charge in [0, 0.05) is 12.1 Å². The first-order chi connectivity index (χ1) is 14.3. The Balaban J connectivity index is 1.89. The summed E-state index contributed by atoms with van der Waals surface area (Å²) in [7, 11) is 0. The molecule has 3 rings (SSSR count). The van der Waals surface area contributed by atoms with Gasteiger partial charge in [-0.3, -0.25) is 0 Å². The van der Waals surface area contributed by atoms with Crippen LogP contribution < -0.4 is 5.32 Å². The number of benzene rings is 2. The van der Waals surface area contributed by atoms with Crippen LogP contribution in [0.2, 0.25) is 0 Å². The van der Waals surface area contributed by atoms with Crippen molar-refractivity contribution < 1.29 is 4.39 Å². The molecule has 4 nitrogen and oxygen atoms in total. The Bertz CT molecular complexity index is 1050. The molecule has 30 heavy (non-hydrogen) atoms. The maximum Gasteiger partial charge on any atom is 0.189 e. The van der Waals surface area contributed by atoms with E-state index in [4.69, 9.17) is 0 Å². The average molecular weight is 421 g/mol. The highest BCUT2D eigenvalue weighted by atomic mass is 32.2. The van der Waals surface area contributed by atoms with Crippen LogP contribution in [0.15, 0.2) is 53.7 Å². The van der Waals surface area contributed by atoms with Gasteiger partial charge in [0.2, 0.25) is 0 Å². The fraction of sp³-hybridized carbons (Fsp3) is 0.292. The van der Waals surface area contributed by atoms with Crippen LogP contribution in [0.4, 0.5) is 10.2 Å². The second-order valence-electron chi connectivity index (χ2n) is 8.02. The fourth-order valence-electron chi connectivity index (χ4n) is 3.08. The predicted octanol–water partition coefficient (Wildman–Crippen LogP) is 5.83. The lowest BCUT2D eigenvalue weighted by Crippen LogP contribution is -2.11. The highest BCUT2D eigenvalue weighted by molar-refractivity contribution is 7.98. The predicted molar refractivity (Wildman–Crippen MR) is 121 cm³/mol. The van der Waals surface area contributed by atoms with E-state index in [-0.39, 0.29) is 11.2 Å². The van der Waals surface area contributed by atoms with Gasteiger partial charge in [-0.1, -0.05) is 68.9 Å². The number of hydrogen-bond donors (Lipinski definition) is 1. The fourth-order valence-corrected chi connectivity index (χ4v) is 3.44. The number of nitriles is 1. The van der Waals surface area contributed by atoms with Crippen LogP contribution in [0.3, 0.4) is 0 Å². The molecule has 1 heterocycles. The third-order valence-electron chi connectivity index (χ3n) is 4.83. The Morgan fingerprint density at radius 3 is 2.27 bits per heavy atom. The molecule has 0 atom stereocenters. The Kier molecular flexibility index (Phi) is 6.73. The van der Waals surface area contributed by atoms with E-state index in [0.29, 0.717) is 35.2 Å². The molecule has 0 saturated heterocycles. The highest BCUT2D eigenvalue weighted by Gasteiger charge is 2.18. The first kappa shape index (κ1) is 21.8. The van der Waals surface area contributed by atoms with Crippen LogP contribution in [-0.2, 0) is 11.8 Å². The zero-order chi connectivity index (χ0) is 21.7. The number of hydrogen-bond acceptors (Lipinski definition) is 5. The molecule has 0 amide bonds. The van der Waals surface area contributed by atoms with Crippen molar-refractivity contribution in [3.8, 4) is 17.3 Å². The molecule has 0 fully saturated rings. The zero-order valence-electron chi connectivity index (χ0n) is 17.7. The summed E-state index contributed by atoms with van der Waals surface area (Å²) in [5.74, 6) is 0.273. The van der Waals surface area contributed by atoms with Crippen LogP contribution in [0.5, 0.6) is 0 Å². The first-order valence-corrected chi connectivity index (χ1v) is 11.0. The van der Waals surface area contributed by atoms with Crippen molar-refractivity contribution in [2.45, 2.75) is 37.8 Å². The van der Waals surface area contributed by atoms with E-state index in [0.717, 1.165) is 11.1 Å². The second kappa shape index (κ2) is 9.27. The van der Waals surface area contributed by atoms with Crippen molar-refractivity contribution in [2.24, 2.45) is 0 Å². The van der Waals surface area contributed by atoms with Gasteiger partial charge in [-0.15, -0.1) is 0 Å². The summed E-state index contributed by atoms with van der Waals surface area (Å²) in [6.45, 7) is 7.08. The van der Waals surface area contributed by atoms with Gasteiger partial charge in [0.05, 0.1) is 5.69 Å². The molecule has 0 aliphatic rings. The number of thioether (sulfide) groups is 1. The Hall–Kier alpha value is -2.91. The topological polar surface area (TPSA) is 61.6 Å². The molecular formula is C24H25FN4S. The van der Waals surface area contributed by atoms with E-state index in [1.54, 1.807) is 12.1 Å². The van der Waals surface area contributed by atoms with Gasteiger partial charge in [-0.25, -0.2) is 14.4 Å². The van der Waals surface area contributed by atoms with Crippen LogP contribution in [0.1, 0.15) is 37.5 Å². The monoisotopic (exact) mass is 420 g/mol. The summed E-state index contributed by atoms with van der Waals surface area (Å²) in [6, 6.07) is 16.9. The Morgan fingerprint density at radius 2 is 1.70 bits per heavy atom. The first-order valence-electron chi connectivity index (χ1n) is 9.77. The van der Waals surface area contributed by atoms with E-state index in [2.05, 4.69) is 54.3 Å². The van der Waals surface area contributed by atoms with Crippen molar-refractivity contribution in [1.82, 2.24) is 9.97 Å². The van der Waals surface area contributed by atoms with E-state index in [9.17, 15) is 9.65 Å². The van der Waals surface area contributed by atoms with Gasteiger partial charge >= 0.3 is 0 Å². The summed E-state index contributed by atoms with van der Waals surface area (Å²) in [5, 5.41) is 13.7. The Labute approximate surface area is 181 Å². The SMILES string of the molecule is CSc1nc(NCCc2ccc(F)cc2)c(C#N)c(-c2ccc(C(C)(C)C)cc2)n1. The van der Waals surface area contributed by atoms with Crippen LogP contribution in [0.25, 0.3) is 11.3 Å². The zero-order valence-corrected chi connectivity index (χ0v) is 18.5. The molecule has 0 unspecified atom stereocenters. The van der Waals surface area contributed by atoms with Crippen molar-refractivity contribution >= 4 is 17.6 Å². The van der Waals surface area contributed by atoms with Crippen LogP contribution in [-0.4, -0.2) is 22.8 Å². The van der Waals surface area contributed by atoms with E-state index >= 15 is 0 Å². The normalized spacial score (nSPS) is 11.2. The molecule has 0 aliphatic carbocycles. The maximum atomic E-state index is 13.1. The third kappa shape index (κ3) is 5.17. The summed E-state index contributed by atoms with van der Waals surface area (Å²) < 4.78 is 13.1. The average Bonchev–Trinajstić information content (AvgIpc) is 2.74. The molecule has 3 aromatic rings. The third-order valence-corrected chi connectivity index (χ3v) is 5.37. The second-order valence-corrected chi connectivity index (χ2v) is 8.80. The molecule has 1 N–H and O–H groups in total. The highest BCUT2D eigenvalue weighted by Crippen LogP contribution is 2.30. The number of nitrogens with zero attached hydrogens (tertiary/aromatic N) is 3. The molecule has 1 aromatic heterocycles. The number of halogens is 1. The van der Waals surface area contributed by atoms with E-state index in [1.165, 1.54) is 29.5 Å². The summed E-state index contributed by atoms with van der Waals surface area (Å²) in [4.78, 5) is 9.12. The number of anilines is 1. The van der Waals surface area contributed by atoms with Crippen molar-refractivity contribution in [3.05, 3.63) is 71.0 Å². The van der Waals surface area contributed by atoms with Gasteiger partial charge < -0.3 is 5.32 Å². The molecule has 0 aliphatic heterocycles. The van der Waals surface area contributed by atoms with Gasteiger partial charge in [-0.05, 0) is 41.4 Å². The molecule has 154 valence electrons. The lowest BCUT2D eigenvalue weighted by molar-refractivity contribution is 0.590. The summed E-state index contributed by atoms with van der Waals surface area (Å²) >= 11 is 1.44. The van der Waals surface area contributed by atoms with Crippen molar-refractivity contribution in [1.29, 1.82) is 5.26 Å². The lowest BCUT2D eigenvalue weighted by atomic mass is 9.86. The minimum absolute atomic E-state index is 0.0553. The molecule has 0 spiro atoms. The molecular weight excluding hydrogens is 395 g/mol. The van der Waals surface area contributed by atoms with Gasteiger partial charge in [0.15, 0.2) is 5.16 Å². The number of rotatable bonds is 6. The molecule has 0 bridgehead atoms. The standard InChI is InChI=1S/C24H25FN4S/c1-24(2,3)18-9-7-17(8-10-18)21-20(15-26)22(29-23(28-21)30-4)27-14-13-16-5-11-19(25)12-6-16/h5-12H,13-14H2,1-4H3,(H,27,28,29).